The molecule has 2 aromatic rings. The summed E-state index contributed by atoms with van der Waals surface area (Å²) in [6.07, 6.45) is 4.28. The number of piperidine rings is 1. The van der Waals surface area contributed by atoms with Crippen molar-refractivity contribution in [2.24, 2.45) is 5.41 Å². The second-order valence-corrected chi connectivity index (χ2v) is 6.55. The Morgan fingerprint density at radius 2 is 2.24 bits per heavy atom. The molecular formula is C17H23N3O. The number of aromatic amines is 1. The summed E-state index contributed by atoms with van der Waals surface area (Å²) >= 11 is 0. The zero-order valence-corrected chi connectivity index (χ0v) is 12.7. The van der Waals surface area contributed by atoms with Gasteiger partial charge >= 0.3 is 0 Å². The fourth-order valence-corrected chi connectivity index (χ4v) is 3.19. The Bertz CT molecular complexity index is 644. The van der Waals surface area contributed by atoms with Crippen LogP contribution in [0.1, 0.15) is 37.0 Å². The van der Waals surface area contributed by atoms with E-state index in [0.717, 1.165) is 23.0 Å². The highest BCUT2D eigenvalue weighted by molar-refractivity contribution is 6.06. The van der Waals surface area contributed by atoms with Crippen LogP contribution in [0.3, 0.4) is 0 Å². The van der Waals surface area contributed by atoms with Crippen LogP contribution in [0.15, 0.2) is 30.5 Å². The Balaban J connectivity index is 1.71. The summed E-state index contributed by atoms with van der Waals surface area (Å²) in [6, 6.07) is 8.06. The fraction of sp³-hybridized carbons (Fsp3) is 0.471. The first-order valence-electron chi connectivity index (χ1n) is 7.66. The average molecular weight is 285 g/mol. The molecule has 1 unspecified atom stereocenters. The van der Waals surface area contributed by atoms with Crippen molar-refractivity contribution in [2.45, 2.75) is 32.7 Å². The Kier molecular flexibility index (Phi) is 3.72. The van der Waals surface area contributed by atoms with Gasteiger partial charge in [0, 0.05) is 35.2 Å². The number of hydrogen-bond donors (Lipinski definition) is 3. The minimum atomic E-state index is 0.00312. The zero-order chi connectivity index (χ0) is 14.9. The van der Waals surface area contributed by atoms with Crippen LogP contribution in [-0.4, -0.2) is 30.0 Å². The van der Waals surface area contributed by atoms with E-state index < -0.39 is 0 Å². The lowest BCUT2D eigenvalue weighted by Gasteiger charge is -2.39. The lowest BCUT2D eigenvalue weighted by molar-refractivity contribution is 0.0930. The Hall–Kier alpha value is -1.81. The molecule has 1 fully saturated rings. The Labute approximate surface area is 125 Å². The number of carbonyl (C=O) groups is 1. The van der Waals surface area contributed by atoms with Gasteiger partial charge in [0.05, 0.1) is 0 Å². The van der Waals surface area contributed by atoms with Gasteiger partial charge in [0.25, 0.3) is 5.91 Å². The zero-order valence-electron chi connectivity index (χ0n) is 12.7. The first-order valence-corrected chi connectivity index (χ1v) is 7.66. The number of rotatable bonds is 3. The predicted octanol–water partition coefficient (Wildman–Crippen LogP) is 2.68. The molecule has 1 aromatic heterocycles. The van der Waals surface area contributed by atoms with Crippen molar-refractivity contribution in [3.8, 4) is 0 Å². The van der Waals surface area contributed by atoms with Gasteiger partial charge in [-0.15, -0.1) is 0 Å². The molecule has 1 amide bonds. The summed E-state index contributed by atoms with van der Waals surface area (Å²) in [5.41, 5.74) is 1.96. The van der Waals surface area contributed by atoms with E-state index >= 15 is 0 Å². The van der Waals surface area contributed by atoms with Crippen molar-refractivity contribution >= 4 is 16.8 Å². The SMILES string of the molecule is CC1(C)CCCNC1CNC(=O)c1cccc2[nH]ccc12. The summed E-state index contributed by atoms with van der Waals surface area (Å²) in [7, 11) is 0. The fourth-order valence-electron chi connectivity index (χ4n) is 3.19. The molecule has 4 heteroatoms. The van der Waals surface area contributed by atoms with Gasteiger partial charge in [-0.1, -0.05) is 19.9 Å². The quantitative estimate of drug-likeness (QED) is 0.812. The van der Waals surface area contributed by atoms with Crippen LogP contribution < -0.4 is 10.6 Å². The monoisotopic (exact) mass is 285 g/mol. The lowest BCUT2D eigenvalue weighted by atomic mass is 9.77. The molecule has 21 heavy (non-hydrogen) atoms. The number of H-pyrrole nitrogens is 1. The van der Waals surface area contributed by atoms with E-state index in [0.29, 0.717) is 12.6 Å². The van der Waals surface area contributed by atoms with Gasteiger partial charge in [-0.3, -0.25) is 4.79 Å². The van der Waals surface area contributed by atoms with E-state index in [1.54, 1.807) is 0 Å². The number of nitrogens with one attached hydrogen (secondary N) is 3. The van der Waals surface area contributed by atoms with Crippen LogP contribution in [0.5, 0.6) is 0 Å². The van der Waals surface area contributed by atoms with Crippen molar-refractivity contribution in [3.05, 3.63) is 36.0 Å². The number of aromatic nitrogens is 1. The minimum Gasteiger partial charge on any atom is -0.361 e. The summed E-state index contributed by atoms with van der Waals surface area (Å²) in [6.45, 7) is 6.25. The maximum Gasteiger partial charge on any atom is 0.252 e. The Morgan fingerprint density at radius 1 is 1.38 bits per heavy atom. The van der Waals surface area contributed by atoms with Crippen molar-refractivity contribution in [1.29, 1.82) is 0 Å². The molecule has 0 spiro atoms. The number of hydrogen-bond acceptors (Lipinski definition) is 2. The van der Waals surface area contributed by atoms with Crippen molar-refractivity contribution in [1.82, 2.24) is 15.6 Å². The molecule has 1 atom stereocenters. The molecular weight excluding hydrogens is 262 g/mol. The van der Waals surface area contributed by atoms with Crippen LogP contribution in [0.2, 0.25) is 0 Å². The van der Waals surface area contributed by atoms with Crippen molar-refractivity contribution in [2.75, 3.05) is 13.1 Å². The highest BCUT2D eigenvalue weighted by Gasteiger charge is 2.32. The van der Waals surface area contributed by atoms with Gasteiger partial charge in [0.15, 0.2) is 0 Å². The normalized spacial score (nSPS) is 21.3. The standard InChI is InChI=1S/C17H23N3O/c1-17(2)8-4-9-19-15(17)11-20-16(21)13-5-3-6-14-12(13)7-10-18-14/h3,5-7,10,15,18-19H,4,8-9,11H2,1-2H3,(H,20,21). The van der Waals surface area contributed by atoms with E-state index in [1.165, 1.54) is 12.8 Å². The van der Waals surface area contributed by atoms with Crippen molar-refractivity contribution in [3.63, 3.8) is 0 Å². The van der Waals surface area contributed by atoms with E-state index in [4.69, 9.17) is 0 Å². The third kappa shape index (κ3) is 2.81. The predicted molar refractivity (Wildman–Crippen MR) is 85.4 cm³/mol. The highest BCUT2D eigenvalue weighted by atomic mass is 16.1. The van der Waals surface area contributed by atoms with E-state index in [9.17, 15) is 4.79 Å². The second-order valence-electron chi connectivity index (χ2n) is 6.55. The van der Waals surface area contributed by atoms with Crippen LogP contribution in [-0.2, 0) is 0 Å². The van der Waals surface area contributed by atoms with Gasteiger partial charge in [-0.2, -0.15) is 0 Å². The van der Waals surface area contributed by atoms with Gasteiger partial charge in [-0.05, 0) is 43.0 Å². The van der Waals surface area contributed by atoms with Gasteiger partial charge in [-0.25, -0.2) is 0 Å². The van der Waals surface area contributed by atoms with Crippen LogP contribution >= 0.6 is 0 Å². The average Bonchev–Trinajstić information content (AvgIpc) is 2.93. The lowest BCUT2D eigenvalue weighted by Crippen LogP contribution is -2.52. The first kappa shape index (κ1) is 14.1. The number of benzene rings is 1. The van der Waals surface area contributed by atoms with Crippen LogP contribution in [0, 0.1) is 5.41 Å². The third-order valence-corrected chi connectivity index (χ3v) is 4.64. The van der Waals surface area contributed by atoms with E-state index in [-0.39, 0.29) is 11.3 Å². The molecule has 3 rings (SSSR count). The molecule has 1 saturated heterocycles. The molecule has 3 N–H and O–H groups in total. The molecule has 4 nitrogen and oxygen atoms in total. The van der Waals surface area contributed by atoms with Gasteiger partial charge in [0.1, 0.15) is 0 Å². The highest BCUT2D eigenvalue weighted by Crippen LogP contribution is 2.29. The summed E-state index contributed by atoms with van der Waals surface area (Å²) in [5.74, 6) is 0.00312. The molecule has 0 aliphatic carbocycles. The molecule has 1 aromatic carbocycles. The largest absolute Gasteiger partial charge is 0.361 e. The van der Waals surface area contributed by atoms with Gasteiger partial charge in [0.2, 0.25) is 0 Å². The molecule has 0 bridgehead atoms. The summed E-state index contributed by atoms with van der Waals surface area (Å²) < 4.78 is 0. The van der Waals surface area contributed by atoms with Crippen molar-refractivity contribution < 1.29 is 4.79 Å². The second kappa shape index (κ2) is 5.53. The molecule has 0 saturated carbocycles. The maximum absolute atomic E-state index is 12.5. The molecule has 2 heterocycles. The minimum absolute atomic E-state index is 0.00312. The maximum atomic E-state index is 12.5. The van der Waals surface area contributed by atoms with Crippen LogP contribution in [0.25, 0.3) is 10.9 Å². The summed E-state index contributed by atoms with van der Waals surface area (Å²) in [4.78, 5) is 15.6. The third-order valence-electron chi connectivity index (χ3n) is 4.64. The Morgan fingerprint density at radius 3 is 3.05 bits per heavy atom. The molecule has 1 aliphatic heterocycles. The smallest absolute Gasteiger partial charge is 0.252 e. The number of carbonyl (C=O) groups excluding carboxylic acids is 1. The van der Waals surface area contributed by atoms with Crippen LogP contribution in [0.4, 0.5) is 0 Å². The van der Waals surface area contributed by atoms with E-state index in [1.807, 2.05) is 30.5 Å². The number of amides is 1. The number of fused-ring (bicyclic) bond motifs is 1. The van der Waals surface area contributed by atoms with Gasteiger partial charge < -0.3 is 15.6 Å². The topological polar surface area (TPSA) is 56.9 Å². The summed E-state index contributed by atoms with van der Waals surface area (Å²) in [5, 5.41) is 7.60. The first-order chi connectivity index (χ1) is 10.1. The molecule has 0 radical (unpaired) electrons. The molecule has 1 aliphatic rings. The van der Waals surface area contributed by atoms with E-state index in [2.05, 4.69) is 29.5 Å². The molecule has 112 valence electrons.